The molecular formula is C28H32N8O3. The average Bonchev–Trinajstić information content (AvgIpc) is 3.16. The highest BCUT2D eigenvalue weighted by Gasteiger charge is 2.41. The number of carbonyl (C=O) groups is 1. The van der Waals surface area contributed by atoms with Crippen LogP contribution in [0, 0.1) is 11.8 Å². The Morgan fingerprint density at radius 1 is 1.18 bits per heavy atom. The minimum Gasteiger partial charge on any atom is -0.507 e. The van der Waals surface area contributed by atoms with E-state index in [0.29, 0.717) is 22.9 Å². The second-order valence-corrected chi connectivity index (χ2v) is 10.6. The number of hydrogen-bond donors (Lipinski definition) is 3. The summed E-state index contributed by atoms with van der Waals surface area (Å²) >= 11 is 0. The fourth-order valence-electron chi connectivity index (χ4n) is 5.05. The second-order valence-electron chi connectivity index (χ2n) is 10.6. The van der Waals surface area contributed by atoms with Gasteiger partial charge in [-0.2, -0.15) is 0 Å². The lowest BCUT2D eigenvalue weighted by atomic mass is 10.1. The Balaban J connectivity index is 1.28. The summed E-state index contributed by atoms with van der Waals surface area (Å²) in [6.45, 7) is 7.05. The first-order valence-electron chi connectivity index (χ1n) is 12.9. The normalized spacial score (nSPS) is 18.3. The van der Waals surface area contributed by atoms with Crippen molar-refractivity contribution in [1.82, 2.24) is 25.5 Å². The monoisotopic (exact) mass is 528 g/mol. The molecule has 2 aliphatic rings. The summed E-state index contributed by atoms with van der Waals surface area (Å²) in [5, 5.41) is 21.3. The number of nitrogens with two attached hydrogens (primary N) is 1. The van der Waals surface area contributed by atoms with Crippen LogP contribution < -0.4 is 20.9 Å². The number of fused-ring (bicyclic) bond motifs is 2. The van der Waals surface area contributed by atoms with Crippen LogP contribution in [0.25, 0.3) is 11.3 Å². The predicted octanol–water partition coefficient (Wildman–Crippen LogP) is 2.96. The molecule has 11 heteroatoms. The number of rotatable bonds is 4. The molecule has 4 heterocycles. The molecule has 202 valence electrons. The Morgan fingerprint density at radius 3 is 2.64 bits per heavy atom. The van der Waals surface area contributed by atoms with Crippen LogP contribution in [0.4, 0.5) is 22.1 Å². The number of carbonyl (C=O) groups excluding carboxylic acids is 1. The van der Waals surface area contributed by atoms with E-state index >= 15 is 0 Å². The number of amides is 1. The third kappa shape index (κ3) is 5.95. The van der Waals surface area contributed by atoms with Crippen LogP contribution in [-0.4, -0.2) is 68.7 Å². The maximum absolute atomic E-state index is 11.8. The van der Waals surface area contributed by atoms with Crippen molar-refractivity contribution in [1.29, 1.82) is 0 Å². The fraction of sp³-hybridized carbons (Fsp3) is 0.393. The zero-order valence-corrected chi connectivity index (χ0v) is 22.3. The number of phenols is 1. The van der Waals surface area contributed by atoms with E-state index in [1.807, 2.05) is 24.3 Å². The number of benzene rings is 1. The summed E-state index contributed by atoms with van der Waals surface area (Å²) in [7, 11) is 0. The number of nitrogens with one attached hydrogen (secondary N) is 1. The Kier molecular flexibility index (Phi) is 7.11. The Hall–Kier alpha value is -4.59. The number of hydrogen-bond acceptors (Lipinski definition) is 10. The molecule has 4 N–H and O–H groups in total. The van der Waals surface area contributed by atoms with Crippen LogP contribution in [0.3, 0.4) is 0 Å². The molecule has 1 amide bonds. The molecule has 3 aromatic rings. The summed E-state index contributed by atoms with van der Waals surface area (Å²) < 4.78 is 5.22. The van der Waals surface area contributed by atoms with E-state index in [1.54, 1.807) is 39.1 Å². The molecule has 11 nitrogen and oxygen atoms in total. The van der Waals surface area contributed by atoms with Gasteiger partial charge in [-0.1, -0.05) is 18.1 Å². The summed E-state index contributed by atoms with van der Waals surface area (Å²) in [5.74, 6) is 7.56. The zero-order valence-electron chi connectivity index (χ0n) is 22.3. The number of alkyl carbamates (subject to hydrolysis) is 1. The second kappa shape index (κ2) is 10.6. The molecule has 2 bridgehead atoms. The van der Waals surface area contributed by atoms with Crippen LogP contribution in [0.5, 0.6) is 5.75 Å². The highest BCUT2D eigenvalue weighted by Crippen LogP contribution is 2.38. The van der Waals surface area contributed by atoms with Gasteiger partial charge in [-0.15, -0.1) is 10.2 Å². The van der Waals surface area contributed by atoms with E-state index in [1.165, 1.54) is 0 Å². The van der Waals surface area contributed by atoms with Gasteiger partial charge >= 0.3 is 6.09 Å². The van der Waals surface area contributed by atoms with E-state index in [4.69, 9.17) is 15.5 Å². The van der Waals surface area contributed by atoms with Crippen LogP contribution in [-0.2, 0) is 4.74 Å². The summed E-state index contributed by atoms with van der Waals surface area (Å²) in [6, 6.07) is 11.3. The first-order valence-corrected chi connectivity index (χ1v) is 12.9. The number of para-hydroxylation sites is 1. The van der Waals surface area contributed by atoms with Crippen molar-refractivity contribution in [2.75, 3.05) is 35.2 Å². The number of aromatic nitrogens is 4. The summed E-state index contributed by atoms with van der Waals surface area (Å²) in [5.41, 5.74) is 7.70. The van der Waals surface area contributed by atoms with Crippen LogP contribution in [0.1, 0.15) is 39.4 Å². The minimum absolute atomic E-state index is 0.135. The van der Waals surface area contributed by atoms with Crippen molar-refractivity contribution in [3.8, 4) is 28.8 Å². The first-order chi connectivity index (χ1) is 18.7. The van der Waals surface area contributed by atoms with E-state index in [2.05, 4.69) is 42.1 Å². The molecule has 0 spiro atoms. The van der Waals surface area contributed by atoms with Crippen LogP contribution in [0.2, 0.25) is 0 Å². The fourth-order valence-corrected chi connectivity index (χ4v) is 5.05. The summed E-state index contributed by atoms with van der Waals surface area (Å²) in [6.07, 6.45) is 3.25. The molecular weight excluding hydrogens is 496 g/mol. The number of anilines is 3. The maximum atomic E-state index is 11.8. The average molecular weight is 529 g/mol. The van der Waals surface area contributed by atoms with Crippen molar-refractivity contribution >= 4 is 23.4 Å². The molecule has 2 saturated heterocycles. The molecule has 0 radical (unpaired) electrons. The smallest absolute Gasteiger partial charge is 0.408 e. The molecule has 5 rings (SSSR count). The van der Waals surface area contributed by atoms with Crippen molar-refractivity contribution < 1.29 is 14.6 Å². The number of phenolic OH excluding ortho intramolecular Hbond substituents is 1. The topological polar surface area (TPSA) is 143 Å². The summed E-state index contributed by atoms with van der Waals surface area (Å²) in [4.78, 5) is 25.4. The number of aromatic hydroxyl groups is 1. The predicted molar refractivity (Wildman–Crippen MR) is 148 cm³/mol. The van der Waals surface area contributed by atoms with E-state index < -0.39 is 11.7 Å². The molecule has 1 aromatic carbocycles. The van der Waals surface area contributed by atoms with Gasteiger partial charge in [0, 0.05) is 36.9 Å². The van der Waals surface area contributed by atoms with Gasteiger partial charge in [0.05, 0.1) is 17.9 Å². The molecule has 2 aromatic heterocycles. The van der Waals surface area contributed by atoms with Gasteiger partial charge in [0.15, 0.2) is 5.82 Å². The molecule has 0 saturated carbocycles. The van der Waals surface area contributed by atoms with Crippen molar-refractivity contribution in [3.05, 3.63) is 48.4 Å². The number of nitrogen functional groups attached to an aromatic ring is 1. The van der Waals surface area contributed by atoms with E-state index in [-0.39, 0.29) is 24.4 Å². The zero-order chi connectivity index (χ0) is 27.6. The molecule has 2 atom stereocenters. The van der Waals surface area contributed by atoms with Crippen molar-refractivity contribution in [3.63, 3.8) is 0 Å². The van der Waals surface area contributed by atoms with Gasteiger partial charge in [0.2, 0.25) is 5.82 Å². The van der Waals surface area contributed by atoms with Crippen LogP contribution >= 0.6 is 0 Å². The van der Waals surface area contributed by atoms with Crippen LogP contribution in [0.15, 0.2) is 42.6 Å². The van der Waals surface area contributed by atoms with Gasteiger partial charge in [-0.05, 0) is 63.8 Å². The van der Waals surface area contributed by atoms with Gasteiger partial charge in [0.25, 0.3) is 0 Å². The van der Waals surface area contributed by atoms with E-state index in [0.717, 1.165) is 37.4 Å². The lowest BCUT2D eigenvalue weighted by Crippen LogP contribution is -2.54. The Morgan fingerprint density at radius 2 is 1.92 bits per heavy atom. The third-order valence-corrected chi connectivity index (χ3v) is 6.63. The molecule has 2 fully saturated rings. The van der Waals surface area contributed by atoms with E-state index in [9.17, 15) is 9.90 Å². The number of nitrogens with zero attached hydrogens (tertiary/aromatic N) is 6. The molecule has 2 aliphatic heterocycles. The quantitative estimate of drug-likeness (QED) is 0.433. The highest BCUT2D eigenvalue weighted by atomic mass is 16.6. The van der Waals surface area contributed by atoms with Crippen molar-refractivity contribution in [2.24, 2.45) is 0 Å². The highest BCUT2D eigenvalue weighted by molar-refractivity contribution is 5.74. The third-order valence-electron chi connectivity index (χ3n) is 6.63. The molecule has 2 unspecified atom stereocenters. The number of ether oxygens (including phenoxy) is 1. The number of piperazine rings is 1. The SMILES string of the molecule is CC(C)(C)OC(=O)NCC#Cc1nccc(N2C3CCC2CN(c2cc(-c4ccccc4O)nnc2N)C3)n1. The van der Waals surface area contributed by atoms with Crippen molar-refractivity contribution in [2.45, 2.75) is 51.3 Å². The first kappa shape index (κ1) is 26.0. The lowest BCUT2D eigenvalue weighted by Gasteiger charge is -2.42. The molecule has 0 aliphatic carbocycles. The Labute approximate surface area is 227 Å². The van der Waals surface area contributed by atoms with Gasteiger partial charge in [-0.25, -0.2) is 14.8 Å². The standard InChI is InChI=1S/C28H32N8O3/c1-28(2,3)39-27(38)31-13-6-9-24-30-14-12-25(32-24)36-18-10-11-19(36)17-35(16-18)22-15-21(33-34-26(22)29)20-7-4-5-8-23(20)37/h4-5,7-8,12,14-15,18-19,37H,10-11,13,16-17H2,1-3H3,(H2,29,34)(H,31,38). The molecule has 39 heavy (non-hydrogen) atoms. The minimum atomic E-state index is -0.564. The van der Waals surface area contributed by atoms with Gasteiger partial charge in [0.1, 0.15) is 17.2 Å². The lowest BCUT2D eigenvalue weighted by molar-refractivity contribution is 0.0535. The largest absolute Gasteiger partial charge is 0.507 e. The van der Waals surface area contributed by atoms with Gasteiger partial charge < -0.3 is 30.7 Å². The maximum Gasteiger partial charge on any atom is 0.408 e. The Bertz CT molecular complexity index is 1410. The van der Waals surface area contributed by atoms with Gasteiger partial charge in [-0.3, -0.25) is 0 Å².